The molecule has 6 aliphatic rings. The number of nitriles is 1. The molecule has 6 fully saturated rings. The van der Waals surface area contributed by atoms with E-state index in [1.807, 2.05) is 13.8 Å². The van der Waals surface area contributed by atoms with Crippen molar-refractivity contribution >= 4 is 0 Å². The summed E-state index contributed by atoms with van der Waals surface area (Å²) in [5, 5.41) is 33.5. The fourth-order valence-corrected chi connectivity index (χ4v) is 10.7. The molecule has 0 aromatic carbocycles. The molecular formula is C28H43NO4. The van der Waals surface area contributed by atoms with E-state index in [4.69, 9.17) is 9.47 Å². The molecule has 0 aromatic heterocycles. The van der Waals surface area contributed by atoms with Gasteiger partial charge in [-0.2, -0.15) is 5.26 Å². The summed E-state index contributed by atoms with van der Waals surface area (Å²) in [5.74, 6) is 3.74. The maximum Gasteiger partial charge on any atom is 0.155 e. The quantitative estimate of drug-likeness (QED) is 0.567. The van der Waals surface area contributed by atoms with E-state index in [-0.39, 0.29) is 23.2 Å². The Balaban J connectivity index is 1.28. The van der Waals surface area contributed by atoms with Crippen LogP contribution in [0.25, 0.3) is 0 Å². The van der Waals surface area contributed by atoms with Crippen LogP contribution in [0.4, 0.5) is 0 Å². The molecule has 184 valence electrons. The Hall–Kier alpha value is -0.670. The lowest BCUT2D eigenvalue weighted by molar-refractivity contribution is -0.256. The number of nitrogens with zero attached hydrogens (tertiary/aromatic N) is 1. The summed E-state index contributed by atoms with van der Waals surface area (Å²) in [6.45, 7) is 9.36. The van der Waals surface area contributed by atoms with E-state index in [0.717, 1.165) is 44.9 Å². The summed E-state index contributed by atoms with van der Waals surface area (Å²) in [4.78, 5) is 0. The van der Waals surface area contributed by atoms with Crippen LogP contribution in [0, 0.1) is 63.6 Å². The molecule has 6 saturated carbocycles. The Labute approximate surface area is 199 Å². The largest absolute Gasteiger partial charge is 0.389 e. The molecule has 5 heteroatoms. The van der Waals surface area contributed by atoms with Gasteiger partial charge in [0.2, 0.25) is 0 Å². The van der Waals surface area contributed by atoms with Crippen molar-refractivity contribution in [2.75, 3.05) is 6.61 Å². The van der Waals surface area contributed by atoms with E-state index in [0.29, 0.717) is 60.9 Å². The molecule has 0 heterocycles. The Morgan fingerprint density at radius 3 is 2.48 bits per heavy atom. The minimum Gasteiger partial charge on any atom is -0.389 e. The summed E-state index contributed by atoms with van der Waals surface area (Å²) >= 11 is 0. The molecule has 0 aliphatic heterocycles. The molecule has 6 rings (SSSR count). The minimum absolute atomic E-state index is 0.0647. The Kier molecular flexibility index (Phi) is 4.96. The maximum absolute atomic E-state index is 12.3. The highest BCUT2D eigenvalue weighted by molar-refractivity contribution is 5.29. The van der Waals surface area contributed by atoms with Gasteiger partial charge in [-0.3, -0.25) is 0 Å². The van der Waals surface area contributed by atoms with Crippen LogP contribution in [0.2, 0.25) is 0 Å². The smallest absolute Gasteiger partial charge is 0.155 e. The Bertz CT molecular complexity index is 857. The first-order valence-corrected chi connectivity index (χ1v) is 13.7. The number of aliphatic hydroxyl groups is 2. The first-order chi connectivity index (χ1) is 15.6. The highest BCUT2D eigenvalue weighted by Crippen LogP contribution is 2.82. The zero-order valence-corrected chi connectivity index (χ0v) is 20.9. The number of rotatable bonds is 6. The first-order valence-electron chi connectivity index (χ1n) is 13.7. The van der Waals surface area contributed by atoms with Crippen LogP contribution >= 0.6 is 0 Å². The van der Waals surface area contributed by atoms with Crippen molar-refractivity contribution in [1.82, 2.24) is 0 Å². The molecule has 5 nitrogen and oxygen atoms in total. The van der Waals surface area contributed by atoms with Crippen LogP contribution in [-0.4, -0.2) is 40.4 Å². The summed E-state index contributed by atoms with van der Waals surface area (Å²) < 4.78 is 11.9. The van der Waals surface area contributed by atoms with Gasteiger partial charge < -0.3 is 19.7 Å². The van der Waals surface area contributed by atoms with Gasteiger partial charge in [-0.25, -0.2) is 0 Å². The zero-order chi connectivity index (χ0) is 23.4. The molecule has 13 atom stereocenters. The van der Waals surface area contributed by atoms with Crippen molar-refractivity contribution in [3.63, 3.8) is 0 Å². The minimum atomic E-state index is -0.664. The fraction of sp³-hybridized carbons (Fsp3) is 0.964. The Morgan fingerprint density at radius 1 is 1.03 bits per heavy atom. The van der Waals surface area contributed by atoms with Crippen molar-refractivity contribution in [3.05, 3.63) is 0 Å². The molecule has 0 spiro atoms. The summed E-state index contributed by atoms with van der Waals surface area (Å²) in [6, 6.07) is 2.30. The highest BCUT2D eigenvalue weighted by atomic mass is 16.7. The van der Waals surface area contributed by atoms with Crippen molar-refractivity contribution in [2.24, 2.45) is 52.3 Å². The van der Waals surface area contributed by atoms with Crippen LogP contribution in [0.1, 0.15) is 85.5 Å². The van der Waals surface area contributed by atoms with Crippen LogP contribution < -0.4 is 0 Å². The Morgan fingerprint density at radius 2 is 1.76 bits per heavy atom. The average Bonchev–Trinajstić information content (AvgIpc) is 3.67. The van der Waals surface area contributed by atoms with Crippen LogP contribution in [0.5, 0.6) is 0 Å². The molecule has 0 aromatic rings. The molecule has 6 unspecified atom stereocenters. The lowest BCUT2D eigenvalue weighted by Gasteiger charge is -2.65. The molecule has 0 amide bonds. The van der Waals surface area contributed by atoms with Gasteiger partial charge in [0.1, 0.15) is 0 Å². The lowest BCUT2D eigenvalue weighted by Crippen LogP contribution is -2.65. The standard InChI is InChI=1S/C28H43NO4/c1-5-32-16(2)33-17-7-10-25(3)20-8-11-26(4)24(19-14-22(19)27(26,30)9-6-12-29)23(20)18-13-21(18)28(25,31)15-17/h16-24,30-31H,5-11,13-15H2,1-4H3/t16?,17-,18?,19+,20?,21+,22?,23?,24?,25+,26-,27-,28+/m0/s1. The number of fused-ring (bicyclic) bond motifs is 10. The van der Waals surface area contributed by atoms with E-state index < -0.39 is 11.2 Å². The normalized spacial score (nSPS) is 58.7. The van der Waals surface area contributed by atoms with Crippen molar-refractivity contribution in [3.8, 4) is 6.07 Å². The van der Waals surface area contributed by atoms with Gasteiger partial charge in [-0.1, -0.05) is 13.8 Å². The highest BCUT2D eigenvalue weighted by Gasteiger charge is 2.81. The first kappa shape index (κ1) is 22.8. The second-order valence-electron chi connectivity index (χ2n) is 13.1. The van der Waals surface area contributed by atoms with Gasteiger partial charge in [-0.15, -0.1) is 0 Å². The number of ether oxygens (including phenoxy) is 2. The van der Waals surface area contributed by atoms with E-state index in [2.05, 4.69) is 19.9 Å². The van der Waals surface area contributed by atoms with E-state index >= 15 is 0 Å². The van der Waals surface area contributed by atoms with Gasteiger partial charge in [0.25, 0.3) is 0 Å². The van der Waals surface area contributed by atoms with Crippen molar-refractivity contribution in [2.45, 2.75) is 109 Å². The van der Waals surface area contributed by atoms with Crippen molar-refractivity contribution in [1.29, 1.82) is 5.26 Å². The fourth-order valence-electron chi connectivity index (χ4n) is 10.7. The van der Waals surface area contributed by atoms with Crippen LogP contribution in [0.15, 0.2) is 0 Å². The third-order valence-electron chi connectivity index (χ3n) is 12.2. The number of hydrogen-bond acceptors (Lipinski definition) is 5. The van der Waals surface area contributed by atoms with E-state index in [1.165, 1.54) is 0 Å². The maximum atomic E-state index is 12.3. The predicted octanol–water partition coefficient (Wildman–Crippen LogP) is 4.66. The molecule has 0 saturated heterocycles. The van der Waals surface area contributed by atoms with Gasteiger partial charge in [0, 0.05) is 24.9 Å². The predicted molar refractivity (Wildman–Crippen MR) is 124 cm³/mol. The molecule has 0 bridgehead atoms. The van der Waals surface area contributed by atoms with Gasteiger partial charge in [-0.05, 0) is 106 Å². The van der Waals surface area contributed by atoms with Crippen molar-refractivity contribution < 1.29 is 19.7 Å². The van der Waals surface area contributed by atoms with Gasteiger partial charge in [0.15, 0.2) is 6.29 Å². The molecule has 2 N–H and O–H groups in total. The van der Waals surface area contributed by atoms with Crippen LogP contribution in [0.3, 0.4) is 0 Å². The third-order valence-corrected chi connectivity index (χ3v) is 12.2. The lowest BCUT2D eigenvalue weighted by atomic mass is 9.42. The topological polar surface area (TPSA) is 82.7 Å². The van der Waals surface area contributed by atoms with Crippen LogP contribution in [-0.2, 0) is 9.47 Å². The SMILES string of the molecule is CCOC(C)O[C@H]1CC[C@]2(C)C3CC[C@@]4(C)C(C3C3C[C@H]3[C@]2(O)C1)[C@@H]1CC1[C@@]4(O)CCC#N. The summed E-state index contributed by atoms with van der Waals surface area (Å²) in [6.07, 6.45) is 8.15. The second kappa shape index (κ2) is 7.19. The third kappa shape index (κ3) is 2.79. The van der Waals surface area contributed by atoms with E-state index in [1.54, 1.807) is 0 Å². The van der Waals surface area contributed by atoms with Gasteiger partial charge >= 0.3 is 0 Å². The number of hydrogen-bond donors (Lipinski definition) is 2. The van der Waals surface area contributed by atoms with Gasteiger partial charge in [0.05, 0.1) is 23.4 Å². The molecule has 33 heavy (non-hydrogen) atoms. The zero-order valence-electron chi connectivity index (χ0n) is 20.9. The summed E-state index contributed by atoms with van der Waals surface area (Å²) in [5.41, 5.74) is -1.43. The molecule has 0 radical (unpaired) electrons. The summed E-state index contributed by atoms with van der Waals surface area (Å²) in [7, 11) is 0. The molecule has 6 aliphatic carbocycles. The monoisotopic (exact) mass is 457 g/mol. The molecular weight excluding hydrogens is 414 g/mol. The average molecular weight is 458 g/mol. The second-order valence-corrected chi connectivity index (χ2v) is 13.1. The van der Waals surface area contributed by atoms with E-state index in [9.17, 15) is 15.5 Å².